The second kappa shape index (κ2) is 5.52. The van der Waals surface area contributed by atoms with Crippen LogP contribution in [0.2, 0.25) is 0 Å². The van der Waals surface area contributed by atoms with Crippen LogP contribution in [0.4, 0.5) is 5.95 Å². The Bertz CT molecular complexity index is 438. The highest BCUT2D eigenvalue weighted by atomic mass is 16.5. The first-order valence-corrected chi connectivity index (χ1v) is 6.79. The molecule has 1 saturated heterocycles. The fraction of sp³-hybridized carbons (Fsp3) is 0.615. The van der Waals surface area contributed by atoms with E-state index in [2.05, 4.69) is 20.6 Å². The Morgan fingerprint density at radius 1 is 1.32 bits per heavy atom. The summed E-state index contributed by atoms with van der Waals surface area (Å²) in [6, 6.07) is 0.513. The van der Waals surface area contributed by atoms with Gasteiger partial charge >= 0.3 is 0 Å². The molecule has 0 radical (unpaired) electrons. The molecular formula is C13H18N4O2. The van der Waals surface area contributed by atoms with Crippen LogP contribution >= 0.6 is 0 Å². The van der Waals surface area contributed by atoms with E-state index >= 15 is 0 Å². The summed E-state index contributed by atoms with van der Waals surface area (Å²) < 4.78 is 5.45. The topological polar surface area (TPSA) is 76.1 Å². The SMILES string of the molecule is O=C(NCC1CCCO1)c1cnc(NC2CC2)nc1. The van der Waals surface area contributed by atoms with Gasteiger partial charge in [-0.2, -0.15) is 0 Å². The fourth-order valence-electron chi connectivity index (χ4n) is 2.04. The lowest BCUT2D eigenvalue weighted by Crippen LogP contribution is -2.31. The van der Waals surface area contributed by atoms with Gasteiger partial charge in [-0.15, -0.1) is 0 Å². The van der Waals surface area contributed by atoms with Crippen molar-refractivity contribution in [3.05, 3.63) is 18.0 Å². The zero-order chi connectivity index (χ0) is 13.1. The summed E-state index contributed by atoms with van der Waals surface area (Å²) in [6.07, 6.45) is 7.71. The van der Waals surface area contributed by atoms with E-state index in [4.69, 9.17) is 4.74 Å². The molecule has 6 heteroatoms. The average molecular weight is 262 g/mol. The van der Waals surface area contributed by atoms with Crippen LogP contribution < -0.4 is 10.6 Å². The molecule has 1 atom stereocenters. The number of aromatic nitrogens is 2. The zero-order valence-electron chi connectivity index (χ0n) is 10.8. The van der Waals surface area contributed by atoms with Gasteiger partial charge in [0.05, 0.1) is 11.7 Å². The Kier molecular flexibility index (Phi) is 3.59. The number of nitrogens with zero attached hydrogens (tertiary/aromatic N) is 2. The molecule has 1 amide bonds. The van der Waals surface area contributed by atoms with E-state index in [9.17, 15) is 4.79 Å². The van der Waals surface area contributed by atoms with Crippen molar-refractivity contribution < 1.29 is 9.53 Å². The third-order valence-electron chi connectivity index (χ3n) is 3.34. The third-order valence-corrected chi connectivity index (χ3v) is 3.34. The molecule has 2 heterocycles. The van der Waals surface area contributed by atoms with Gasteiger partial charge in [0.2, 0.25) is 5.95 Å². The van der Waals surface area contributed by atoms with E-state index in [1.165, 1.54) is 12.8 Å². The first-order chi connectivity index (χ1) is 9.31. The summed E-state index contributed by atoms with van der Waals surface area (Å²) >= 11 is 0. The van der Waals surface area contributed by atoms with Crippen molar-refractivity contribution in [1.29, 1.82) is 0 Å². The monoisotopic (exact) mass is 262 g/mol. The summed E-state index contributed by atoms with van der Waals surface area (Å²) in [4.78, 5) is 20.2. The normalized spacial score (nSPS) is 22.2. The molecule has 19 heavy (non-hydrogen) atoms. The van der Waals surface area contributed by atoms with Crippen LogP contribution in [0.5, 0.6) is 0 Å². The van der Waals surface area contributed by atoms with Crippen molar-refractivity contribution >= 4 is 11.9 Å². The fourth-order valence-corrected chi connectivity index (χ4v) is 2.04. The van der Waals surface area contributed by atoms with Crippen molar-refractivity contribution in [2.45, 2.75) is 37.8 Å². The number of amides is 1. The third kappa shape index (κ3) is 3.41. The minimum atomic E-state index is -0.145. The van der Waals surface area contributed by atoms with Crippen molar-refractivity contribution in [2.24, 2.45) is 0 Å². The number of carbonyl (C=O) groups is 1. The molecule has 1 aromatic heterocycles. The molecule has 1 unspecified atom stereocenters. The van der Waals surface area contributed by atoms with E-state index in [1.807, 2.05) is 0 Å². The smallest absolute Gasteiger partial charge is 0.254 e. The Hall–Kier alpha value is -1.69. The van der Waals surface area contributed by atoms with Gasteiger partial charge < -0.3 is 15.4 Å². The summed E-state index contributed by atoms with van der Waals surface area (Å²) in [5.41, 5.74) is 0.486. The summed E-state index contributed by atoms with van der Waals surface area (Å²) in [5.74, 6) is 0.451. The van der Waals surface area contributed by atoms with Crippen LogP contribution in [0.25, 0.3) is 0 Å². The number of hydrogen-bond acceptors (Lipinski definition) is 5. The molecule has 2 N–H and O–H groups in total. The maximum atomic E-state index is 11.9. The standard InChI is InChI=1S/C13H18N4O2/c18-12(14-8-11-2-1-5-19-11)9-6-15-13(16-7-9)17-10-3-4-10/h6-7,10-11H,1-5,8H2,(H,14,18)(H,15,16,17). The van der Waals surface area contributed by atoms with Crippen molar-refractivity contribution in [3.8, 4) is 0 Å². The molecule has 1 aliphatic carbocycles. The number of rotatable bonds is 5. The predicted molar refractivity (Wildman–Crippen MR) is 70.0 cm³/mol. The molecule has 0 spiro atoms. The van der Waals surface area contributed by atoms with Gasteiger partial charge in [0, 0.05) is 31.6 Å². The lowest BCUT2D eigenvalue weighted by Gasteiger charge is -2.10. The average Bonchev–Trinajstić information content (AvgIpc) is 3.09. The van der Waals surface area contributed by atoms with Gasteiger partial charge in [0.25, 0.3) is 5.91 Å². The van der Waals surface area contributed by atoms with Gasteiger partial charge in [-0.25, -0.2) is 9.97 Å². The molecule has 102 valence electrons. The molecule has 0 aromatic carbocycles. The van der Waals surface area contributed by atoms with Crippen LogP contribution in [0, 0.1) is 0 Å². The first-order valence-electron chi connectivity index (χ1n) is 6.79. The molecule has 1 aliphatic heterocycles. The molecule has 1 aromatic rings. The quantitative estimate of drug-likeness (QED) is 0.826. The first kappa shape index (κ1) is 12.3. The molecule has 2 aliphatic rings. The van der Waals surface area contributed by atoms with Gasteiger partial charge in [-0.3, -0.25) is 4.79 Å². The highest BCUT2D eigenvalue weighted by molar-refractivity contribution is 5.93. The molecule has 6 nitrogen and oxygen atoms in total. The molecule has 0 bridgehead atoms. The number of nitrogens with one attached hydrogen (secondary N) is 2. The van der Waals surface area contributed by atoms with Gasteiger partial charge in [0.15, 0.2) is 0 Å². The van der Waals surface area contributed by atoms with Crippen molar-refractivity contribution in [2.75, 3.05) is 18.5 Å². The van der Waals surface area contributed by atoms with Gasteiger partial charge in [-0.05, 0) is 25.7 Å². The maximum absolute atomic E-state index is 11.9. The minimum absolute atomic E-state index is 0.145. The second-order valence-electron chi connectivity index (χ2n) is 5.06. The van der Waals surface area contributed by atoms with E-state index < -0.39 is 0 Å². The van der Waals surface area contributed by atoms with E-state index in [1.54, 1.807) is 12.4 Å². The number of carbonyl (C=O) groups excluding carboxylic acids is 1. The van der Waals surface area contributed by atoms with Crippen LogP contribution in [-0.2, 0) is 4.74 Å². The van der Waals surface area contributed by atoms with Crippen LogP contribution in [0.3, 0.4) is 0 Å². The maximum Gasteiger partial charge on any atom is 0.254 e. The number of hydrogen-bond donors (Lipinski definition) is 2. The summed E-state index contributed by atoms with van der Waals surface area (Å²) in [6.45, 7) is 1.35. The highest BCUT2D eigenvalue weighted by Crippen LogP contribution is 2.22. The van der Waals surface area contributed by atoms with Gasteiger partial charge in [0.1, 0.15) is 0 Å². The Morgan fingerprint density at radius 3 is 2.74 bits per heavy atom. The van der Waals surface area contributed by atoms with Crippen LogP contribution in [-0.4, -0.2) is 41.2 Å². The van der Waals surface area contributed by atoms with E-state index in [0.717, 1.165) is 19.4 Å². The Balaban J connectivity index is 1.50. The number of anilines is 1. The van der Waals surface area contributed by atoms with Crippen molar-refractivity contribution in [3.63, 3.8) is 0 Å². The van der Waals surface area contributed by atoms with E-state index in [0.29, 0.717) is 24.1 Å². The molecule has 2 fully saturated rings. The second-order valence-corrected chi connectivity index (χ2v) is 5.06. The Morgan fingerprint density at radius 2 is 2.11 bits per heavy atom. The Labute approximate surface area is 112 Å². The largest absolute Gasteiger partial charge is 0.376 e. The summed E-state index contributed by atoms with van der Waals surface area (Å²) in [7, 11) is 0. The lowest BCUT2D eigenvalue weighted by atomic mass is 10.2. The predicted octanol–water partition coefficient (Wildman–Crippen LogP) is 0.960. The zero-order valence-corrected chi connectivity index (χ0v) is 10.8. The van der Waals surface area contributed by atoms with E-state index in [-0.39, 0.29) is 12.0 Å². The lowest BCUT2D eigenvalue weighted by molar-refractivity contribution is 0.0857. The molecular weight excluding hydrogens is 244 g/mol. The molecule has 3 rings (SSSR count). The van der Waals surface area contributed by atoms with Crippen molar-refractivity contribution in [1.82, 2.24) is 15.3 Å². The van der Waals surface area contributed by atoms with Crippen LogP contribution in [0.15, 0.2) is 12.4 Å². The summed E-state index contributed by atoms with van der Waals surface area (Å²) in [5, 5.41) is 6.03. The number of ether oxygens (including phenoxy) is 1. The van der Waals surface area contributed by atoms with Gasteiger partial charge in [-0.1, -0.05) is 0 Å². The highest BCUT2D eigenvalue weighted by Gasteiger charge is 2.22. The minimum Gasteiger partial charge on any atom is -0.376 e. The molecule has 1 saturated carbocycles. The van der Waals surface area contributed by atoms with Crippen LogP contribution in [0.1, 0.15) is 36.0 Å².